The number of piperidine rings is 1. The Balaban J connectivity index is 2.03. The van der Waals surface area contributed by atoms with Crippen LogP contribution in [0, 0.1) is 18.3 Å². The molecule has 4 heteroatoms. The second-order valence-corrected chi connectivity index (χ2v) is 7.20. The number of aryl methyl sites for hydroxylation is 1. The lowest BCUT2D eigenvalue weighted by Gasteiger charge is -2.38. The van der Waals surface area contributed by atoms with E-state index in [4.69, 9.17) is 0 Å². The average Bonchev–Trinajstić information content (AvgIpc) is 2.69. The van der Waals surface area contributed by atoms with Gasteiger partial charge in [-0.1, -0.05) is 32.1 Å². The number of carbonyl (C=O) groups excluding carboxylic acids is 1. The standard InChI is InChI=1S/C14H22N2OS/c1-10-12(9-17)18-13(15-10)16-7-5-11(6-8-16)14(2,3)4/h9,11H,5-8H2,1-4H3. The minimum Gasteiger partial charge on any atom is -0.348 e. The lowest BCUT2D eigenvalue weighted by Crippen LogP contribution is -2.37. The minimum atomic E-state index is 0.402. The van der Waals surface area contributed by atoms with Crippen LogP contribution in [-0.2, 0) is 0 Å². The minimum absolute atomic E-state index is 0.402. The third-order valence-corrected chi connectivity index (χ3v) is 5.06. The molecule has 0 radical (unpaired) electrons. The molecule has 1 aliphatic rings. The summed E-state index contributed by atoms with van der Waals surface area (Å²) in [6.07, 6.45) is 3.36. The molecule has 2 rings (SSSR count). The Morgan fingerprint density at radius 1 is 1.33 bits per heavy atom. The summed E-state index contributed by atoms with van der Waals surface area (Å²) in [7, 11) is 0. The van der Waals surface area contributed by atoms with Gasteiger partial charge in [-0.15, -0.1) is 0 Å². The molecule has 0 aliphatic carbocycles. The third-order valence-electron chi connectivity index (χ3n) is 3.92. The maximum atomic E-state index is 10.9. The average molecular weight is 266 g/mol. The van der Waals surface area contributed by atoms with Crippen molar-refractivity contribution in [3.05, 3.63) is 10.6 Å². The third kappa shape index (κ3) is 2.74. The molecule has 1 saturated heterocycles. The molecule has 0 amide bonds. The Morgan fingerprint density at radius 2 is 1.94 bits per heavy atom. The lowest BCUT2D eigenvalue weighted by atomic mass is 9.75. The number of anilines is 1. The van der Waals surface area contributed by atoms with Gasteiger partial charge in [0.2, 0.25) is 0 Å². The number of hydrogen-bond acceptors (Lipinski definition) is 4. The van der Waals surface area contributed by atoms with E-state index in [9.17, 15) is 4.79 Å². The summed E-state index contributed by atoms with van der Waals surface area (Å²) in [6.45, 7) is 11.0. The van der Waals surface area contributed by atoms with Gasteiger partial charge in [0.25, 0.3) is 0 Å². The molecule has 1 fully saturated rings. The van der Waals surface area contributed by atoms with Gasteiger partial charge in [-0.3, -0.25) is 4.79 Å². The largest absolute Gasteiger partial charge is 0.348 e. The van der Waals surface area contributed by atoms with Crippen molar-refractivity contribution in [2.45, 2.75) is 40.5 Å². The van der Waals surface area contributed by atoms with Crippen LogP contribution in [0.15, 0.2) is 0 Å². The second-order valence-electron chi connectivity index (χ2n) is 6.19. The van der Waals surface area contributed by atoms with E-state index in [0.29, 0.717) is 5.41 Å². The van der Waals surface area contributed by atoms with E-state index in [-0.39, 0.29) is 0 Å². The van der Waals surface area contributed by atoms with Crippen molar-refractivity contribution in [1.29, 1.82) is 0 Å². The molecule has 1 aromatic rings. The highest BCUT2D eigenvalue weighted by atomic mass is 32.1. The van der Waals surface area contributed by atoms with Crippen LogP contribution in [0.4, 0.5) is 5.13 Å². The van der Waals surface area contributed by atoms with Crippen molar-refractivity contribution in [2.24, 2.45) is 11.3 Å². The first-order valence-electron chi connectivity index (χ1n) is 6.59. The molecule has 18 heavy (non-hydrogen) atoms. The van der Waals surface area contributed by atoms with Crippen LogP contribution in [0.3, 0.4) is 0 Å². The lowest BCUT2D eigenvalue weighted by molar-refractivity contribution is 0.112. The van der Waals surface area contributed by atoms with Gasteiger partial charge in [-0.25, -0.2) is 4.98 Å². The van der Waals surface area contributed by atoms with Crippen LogP contribution in [0.25, 0.3) is 0 Å². The van der Waals surface area contributed by atoms with E-state index in [1.165, 1.54) is 24.2 Å². The first-order chi connectivity index (χ1) is 8.41. The highest BCUT2D eigenvalue weighted by Crippen LogP contribution is 2.36. The number of thiazole rings is 1. The molecule has 0 N–H and O–H groups in total. The van der Waals surface area contributed by atoms with Gasteiger partial charge in [-0.05, 0) is 31.1 Å². The fourth-order valence-corrected chi connectivity index (χ4v) is 3.51. The van der Waals surface area contributed by atoms with Gasteiger partial charge in [0.1, 0.15) is 0 Å². The highest BCUT2D eigenvalue weighted by molar-refractivity contribution is 7.17. The summed E-state index contributed by atoms with van der Waals surface area (Å²) in [6, 6.07) is 0. The smallest absolute Gasteiger partial charge is 0.186 e. The zero-order valence-electron chi connectivity index (χ0n) is 11.7. The number of aromatic nitrogens is 1. The van der Waals surface area contributed by atoms with E-state index in [2.05, 4.69) is 30.7 Å². The maximum absolute atomic E-state index is 10.9. The molecule has 0 bridgehead atoms. The Hall–Kier alpha value is -0.900. The summed E-state index contributed by atoms with van der Waals surface area (Å²) < 4.78 is 0. The van der Waals surface area contributed by atoms with E-state index in [1.54, 1.807) is 0 Å². The predicted molar refractivity (Wildman–Crippen MR) is 76.6 cm³/mol. The first kappa shape index (κ1) is 13.5. The van der Waals surface area contributed by atoms with Gasteiger partial charge in [0.15, 0.2) is 11.4 Å². The van der Waals surface area contributed by atoms with Crippen molar-refractivity contribution in [1.82, 2.24) is 4.98 Å². The molecule has 2 heterocycles. The van der Waals surface area contributed by atoms with Crippen LogP contribution in [-0.4, -0.2) is 24.4 Å². The molecule has 0 saturated carbocycles. The summed E-state index contributed by atoms with van der Waals surface area (Å²) in [5, 5.41) is 1.02. The summed E-state index contributed by atoms with van der Waals surface area (Å²) in [5.41, 5.74) is 1.27. The summed E-state index contributed by atoms with van der Waals surface area (Å²) >= 11 is 1.52. The number of rotatable bonds is 2. The van der Waals surface area contributed by atoms with Gasteiger partial charge in [0, 0.05) is 13.1 Å². The molecular formula is C14H22N2OS. The van der Waals surface area contributed by atoms with Crippen molar-refractivity contribution in [2.75, 3.05) is 18.0 Å². The van der Waals surface area contributed by atoms with Crippen molar-refractivity contribution in [3.8, 4) is 0 Å². The van der Waals surface area contributed by atoms with Crippen molar-refractivity contribution in [3.63, 3.8) is 0 Å². The zero-order chi connectivity index (χ0) is 13.3. The van der Waals surface area contributed by atoms with Crippen LogP contribution in [0.2, 0.25) is 0 Å². The van der Waals surface area contributed by atoms with Gasteiger partial charge in [-0.2, -0.15) is 0 Å². The number of aldehydes is 1. The molecule has 1 aromatic heterocycles. The fraction of sp³-hybridized carbons (Fsp3) is 0.714. The molecule has 0 atom stereocenters. The Kier molecular flexibility index (Phi) is 3.76. The van der Waals surface area contributed by atoms with Crippen LogP contribution in [0.1, 0.15) is 49.0 Å². The highest BCUT2D eigenvalue weighted by Gasteiger charge is 2.29. The van der Waals surface area contributed by atoms with Crippen LogP contribution >= 0.6 is 11.3 Å². The van der Waals surface area contributed by atoms with E-state index >= 15 is 0 Å². The van der Waals surface area contributed by atoms with E-state index in [1.807, 2.05) is 6.92 Å². The zero-order valence-corrected chi connectivity index (χ0v) is 12.5. The first-order valence-corrected chi connectivity index (χ1v) is 7.41. The van der Waals surface area contributed by atoms with Crippen molar-refractivity contribution < 1.29 is 4.79 Å². The molecule has 1 aliphatic heterocycles. The normalized spacial score (nSPS) is 18.1. The van der Waals surface area contributed by atoms with Crippen LogP contribution < -0.4 is 4.90 Å². The van der Waals surface area contributed by atoms with Gasteiger partial charge >= 0.3 is 0 Å². The maximum Gasteiger partial charge on any atom is 0.186 e. The van der Waals surface area contributed by atoms with E-state index < -0.39 is 0 Å². The van der Waals surface area contributed by atoms with Crippen molar-refractivity contribution >= 4 is 22.8 Å². The molecule has 0 spiro atoms. The van der Waals surface area contributed by atoms with E-state index in [0.717, 1.165) is 41.0 Å². The summed E-state index contributed by atoms with van der Waals surface area (Å²) in [5.74, 6) is 0.792. The predicted octanol–water partition coefficient (Wildman–Crippen LogP) is 3.53. The molecule has 100 valence electrons. The Bertz CT molecular complexity index is 425. The molecule has 3 nitrogen and oxygen atoms in total. The van der Waals surface area contributed by atoms with Gasteiger partial charge < -0.3 is 4.90 Å². The number of hydrogen-bond donors (Lipinski definition) is 0. The van der Waals surface area contributed by atoms with Gasteiger partial charge in [0.05, 0.1) is 10.6 Å². The topological polar surface area (TPSA) is 33.2 Å². The monoisotopic (exact) mass is 266 g/mol. The number of carbonyl (C=O) groups is 1. The van der Waals surface area contributed by atoms with Crippen LogP contribution in [0.5, 0.6) is 0 Å². The summed E-state index contributed by atoms with van der Waals surface area (Å²) in [4.78, 5) is 18.5. The second kappa shape index (κ2) is 5.00. The fourth-order valence-electron chi connectivity index (χ4n) is 2.57. The SMILES string of the molecule is Cc1nc(N2CCC(C(C)(C)C)CC2)sc1C=O. The number of nitrogens with zero attached hydrogens (tertiary/aromatic N) is 2. The molecule has 0 aromatic carbocycles. The Labute approximate surface area is 113 Å². The quantitative estimate of drug-likeness (QED) is 0.768. The molecule has 0 unspecified atom stereocenters. The molecular weight excluding hydrogens is 244 g/mol. The Morgan fingerprint density at radius 3 is 2.39 bits per heavy atom.